The van der Waals surface area contributed by atoms with E-state index >= 15 is 0 Å². The number of carbonyl (C=O) groups excluding carboxylic acids is 1. The predicted octanol–water partition coefficient (Wildman–Crippen LogP) is 3.59. The maximum Gasteiger partial charge on any atom is 0.255 e. The van der Waals surface area contributed by atoms with Gasteiger partial charge in [-0.3, -0.25) is 4.79 Å². The van der Waals surface area contributed by atoms with Gasteiger partial charge in [-0.2, -0.15) is 0 Å². The topological polar surface area (TPSA) is 59.0 Å². The van der Waals surface area contributed by atoms with Gasteiger partial charge in [0.15, 0.2) is 11.5 Å². The Morgan fingerprint density at radius 1 is 1.07 bits per heavy atom. The molecule has 1 N–H and O–H groups in total. The van der Waals surface area contributed by atoms with E-state index < -0.39 is 17.8 Å². The molecule has 4 rings (SSSR count). The zero-order valence-corrected chi connectivity index (χ0v) is 15.9. The number of halogens is 1. The lowest BCUT2D eigenvalue weighted by Crippen LogP contribution is -2.52. The second-order valence-corrected chi connectivity index (χ2v) is 7.59. The number of nitrogens with zero attached hydrogens (tertiary/aromatic N) is 1. The van der Waals surface area contributed by atoms with E-state index in [9.17, 15) is 9.90 Å². The van der Waals surface area contributed by atoms with Crippen LogP contribution in [0.4, 0.5) is 0 Å². The Hall–Kier alpha value is -2.24. The summed E-state index contributed by atoms with van der Waals surface area (Å²) in [4.78, 5) is 14.9. The number of ether oxygens (including phenoxy) is 2. The van der Waals surface area contributed by atoms with Gasteiger partial charge in [0, 0.05) is 31.0 Å². The highest BCUT2D eigenvalue weighted by atomic mass is 35.5. The van der Waals surface area contributed by atoms with Crippen molar-refractivity contribution >= 4 is 17.5 Å². The molecule has 1 spiro atoms. The van der Waals surface area contributed by atoms with Gasteiger partial charge in [0.25, 0.3) is 5.79 Å². The summed E-state index contributed by atoms with van der Waals surface area (Å²) in [5.74, 6) is 0.110. The van der Waals surface area contributed by atoms with E-state index in [2.05, 4.69) is 0 Å². The molecule has 2 aliphatic heterocycles. The highest BCUT2D eigenvalue weighted by Crippen LogP contribution is 2.43. The maximum atomic E-state index is 13.1. The summed E-state index contributed by atoms with van der Waals surface area (Å²) < 4.78 is 12.1. The molecule has 1 saturated heterocycles. The van der Waals surface area contributed by atoms with Crippen LogP contribution < -0.4 is 9.47 Å². The number of amides is 1. The van der Waals surface area contributed by atoms with E-state index in [-0.39, 0.29) is 5.91 Å². The molecular weight excluding hydrogens is 366 g/mol. The highest BCUT2D eigenvalue weighted by molar-refractivity contribution is 6.30. The Labute approximate surface area is 163 Å². The Morgan fingerprint density at radius 2 is 1.63 bits per heavy atom. The number of aliphatic hydroxyl groups is 1. The molecule has 0 bridgehead atoms. The Morgan fingerprint density at radius 3 is 2.15 bits per heavy atom. The Kier molecular flexibility index (Phi) is 4.74. The maximum absolute atomic E-state index is 13.1. The van der Waals surface area contributed by atoms with E-state index in [4.69, 9.17) is 21.1 Å². The molecule has 0 radical (unpaired) electrons. The summed E-state index contributed by atoms with van der Waals surface area (Å²) in [6.45, 7) is 2.68. The quantitative estimate of drug-likeness (QED) is 0.874. The third-order valence-corrected chi connectivity index (χ3v) is 5.51. The number of rotatable bonds is 3. The highest BCUT2D eigenvalue weighted by Gasteiger charge is 2.45. The first-order valence-electron chi connectivity index (χ1n) is 9.17. The lowest BCUT2D eigenvalue weighted by molar-refractivity contribution is -0.149. The Balaban J connectivity index is 1.46. The molecule has 0 aliphatic carbocycles. The van der Waals surface area contributed by atoms with Gasteiger partial charge in [0.1, 0.15) is 0 Å². The minimum absolute atomic E-state index is 0.0855. The molecule has 5 nitrogen and oxygen atoms in total. The molecule has 2 atom stereocenters. The summed E-state index contributed by atoms with van der Waals surface area (Å²) in [5.41, 5.74) is 0.764. The van der Waals surface area contributed by atoms with Gasteiger partial charge in [-0.1, -0.05) is 35.9 Å². The summed E-state index contributed by atoms with van der Waals surface area (Å²) >= 11 is 5.95. The largest absolute Gasteiger partial charge is 0.448 e. The first-order valence-corrected chi connectivity index (χ1v) is 9.55. The second-order valence-electron chi connectivity index (χ2n) is 7.16. The van der Waals surface area contributed by atoms with Crippen molar-refractivity contribution in [3.05, 3.63) is 59.1 Å². The standard InChI is InChI=1S/C21H22ClNO4/c1-14(24)19(15-6-8-16(22)9-7-15)20(25)23-12-10-21(11-13-23)26-17-4-2-3-5-18(17)27-21/h2-9,14,19,24H,10-13H2,1H3/t14-,19+/m1/s1. The fraction of sp³-hybridized carbons (Fsp3) is 0.381. The predicted molar refractivity (Wildman–Crippen MR) is 102 cm³/mol. The third kappa shape index (κ3) is 3.49. The summed E-state index contributed by atoms with van der Waals surface area (Å²) in [5, 5.41) is 10.8. The fourth-order valence-corrected chi connectivity index (χ4v) is 3.93. The average molecular weight is 388 g/mol. The number of carbonyl (C=O) groups is 1. The van der Waals surface area contributed by atoms with Gasteiger partial charge in [0.2, 0.25) is 5.91 Å². The van der Waals surface area contributed by atoms with Crippen molar-refractivity contribution in [2.45, 2.75) is 37.6 Å². The number of hydrogen-bond acceptors (Lipinski definition) is 4. The number of piperidine rings is 1. The van der Waals surface area contributed by atoms with Crippen LogP contribution in [0.1, 0.15) is 31.2 Å². The van der Waals surface area contributed by atoms with E-state index in [0.717, 1.165) is 17.1 Å². The zero-order chi connectivity index (χ0) is 19.0. The molecule has 0 saturated carbocycles. The van der Waals surface area contributed by atoms with Crippen LogP contribution in [0.2, 0.25) is 5.02 Å². The molecule has 2 heterocycles. The van der Waals surface area contributed by atoms with Crippen molar-refractivity contribution in [1.29, 1.82) is 0 Å². The van der Waals surface area contributed by atoms with Crippen LogP contribution in [-0.4, -0.2) is 40.9 Å². The van der Waals surface area contributed by atoms with Crippen LogP contribution >= 0.6 is 11.6 Å². The van der Waals surface area contributed by atoms with Gasteiger partial charge in [0.05, 0.1) is 12.0 Å². The van der Waals surface area contributed by atoms with Crippen LogP contribution in [-0.2, 0) is 4.79 Å². The molecule has 0 aromatic heterocycles. The van der Waals surface area contributed by atoms with Gasteiger partial charge in [-0.15, -0.1) is 0 Å². The van der Waals surface area contributed by atoms with Crippen molar-refractivity contribution in [3.8, 4) is 11.5 Å². The van der Waals surface area contributed by atoms with Crippen molar-refractivity contribution in [1.82, 2.24) is 4.90 Å². The molecule has 0 unspecified atom stereocenters. The molecule has 27 heavy (non-hydrogen) atoms. The molecule has 2 aromatic rings. The van der Waals surface area contributed by atoms with Gasteiger partial charge in [-0.25, -0.2) is 0 Å². The smallest absolute Gasteiger partial charge is 0.255 e. The molecular formula is C21H22ClNO4. The SMILES string of the molecule is C[C@@H](O)[C@H](C(=O)N1CCC2(CC1)Oc1ccccc1O2)c1ccc(Cl)cc1. The van der Waals surface area contributed by atoms with Crippen LogP contribution in [0.3, 0.4) is 0 Å². The average Bonchev–Trinajstić information content (AvgIpc) is 3.01. The minimum Gasteiger partial charge on any atom is -0.448 e. The van der Waals surface area contributed by atoms with Gasteiger partial charge >= 0.3 is 0 Å². The first-order chi connectivity index (χ1) is 13.0. The fourth-order valence-electron chi connectivity index (χ4n) is 3.81. The lowest BCUT2D eigenvalue weighted by atomic mass is 9.91. The molecule has 2 aromatic carbocycles. The molecule has 142 valence electrons. The molecule has 6 heteroatoms. The zero-order valence-electron chi connectivity index (χ0n) is 15.1. The van der Waals surface area contributed by atoms with E-state index in [1.54, 1.807) is 36.1 Å². The van der Waals surface area contributed by atoms with E-state index in [0.29, 0.717) is 31.0 Å². The van der Waals surface area contributed by atoms with Crippen LogP contribution in [0.5, 0.6) is 11.5 Å². The van der Waals surface area contributed by atoms with E-state index in [1.165, 1.54) is 0 Å². The van der Waals surface area contributed by atoms with Crippen LogP contribution in [0.15, 0.2) is 48.5 Å². The summed E-state index contributed by atoms with van der Waals surface area (Å²) in [7, 11) is 0. The molecule has 1 fully saturated rings. The first kappa shape index (κ1) is 18.1. The molecule has 1 amide bonds. The van der Waals surface area contributed by atoms with Crippen LogP contribution in [0, 0.1) is 0 Å². The Bertz CT molecular complexity index is 801. The number of benzene rings is 2. The minimum atomic E-state index is -0.794. The van der Waals surface area contributed by atoms with Crippen molar-refractivity contribution < 1.29 is 19.4 Å². The van der Waals surface area contributed by atoms with Crippen molar-refractivity contribution in [2.24, 2.45) is 0 Å². The number of aliphatic hydroxyl groups excluding tert-OH is 1. The summed E-state index contributed by atoms with van der Waals surface area (Å²) in [6.07, 6.45) is 0.374. The van der Waals surface area contributed by atoms with E-state index in [1.807, 2.05) is 24.3 Å². The molecule has 2 aliphatic rings. The van der Waals surface area contributed by atoms with Crippen molar-refractivity contribution in [2.75, 3.05) is 13.1 Å². The third-order valence-electron chi connectivity index (χ3n) is 5.26. The number of likely N-dealkylation sites (tertiary alicyclic amines) is 1. The number of para-hydroxylation sites is 2. The van der Waals surface area contributed by atoms with Gasteiger partial charge in [-0.05, 0) is 36.8 Å². The summed E-state index contributed by atoms with van der Waals surface area (Å²) in [6, 6.07) is 14.7. The number of fused-ring (bicyclic) bond motifs is 1. The lowest BCUT2D eigenvalue weighted by Gasteiger charge is -2.39. The van der Waals surface area contributed by atoms with Crippen LogP contribution in [0.25, 0.3) is 0 Å². The normalized spacial score (nSPS) is 19.7. The second kappa shape index (κ2) is 7.06. The van der Waals surface area contributed by atoms with Crippen molar-refractivity contribution in [3.63, 3.8) is 0 Å². The monoisotopic (exact) mass is 387 g/mol. The van der Waals surface area contributed by atoms with Gasteiger partial charge < -0.3 is 19.5 Å². The number of hydrogen-bond donors (Lipinski definition) is 1.